The van der Waals surface area contributed by atoms with Gasteiger partial charge < -0.3 is 10.6 Å². The average Bonchev–Trinajstić information content (AvgIpc) is 3.33. The Kier molecular flexibility index (Phi) is 5.64. The molecule has 0 atom stereocenters. The molecule has 3 N–H and O–H groups in total. The topological polar surface area (TPSA) is 102 Å². The number of nitrogens with zero attached hydrogens (tertiary/aromatic N) is 6. The summed E-state index contributed by atoms with van der Waals surface area (Å²) in [5, 5.41) is 14.7. The second-order valence-corrected chi connectivity index (χ2v) is 8.00. The molecule has 8 nitrogen and oxygen atoms in total. The van der Waals surface area contributed by atoms with Crippen molar-refractivity contribution in [1.82, 2.24) is 35.1 Å². The van der Waals surface area contributed by atoms with Gasteiger partial charge in [-0.1, -0.05) is 18.2 Å². The lowest BCUT2D eigenvalue weighted by Gasteiger charge is -2.14. The predicted octanol–water partition coefficient (Wildman–Crippen LogP) is 3.41. The molecule has 0 aliphatic rings. The highest BCUT2D eigenvalue weighted by Crippen LogP contribution is 2.32. The monoisotopic (exact) mass is 430 g/mol. The second-order valence-electron chi connectivity index (χ2n) is 6.98. The van der Waals surface area contributed by atoms with Crippen LogP contribution in [0.5, 0.6) is 0 Å². The molecular weight excluding hydrogens is 410 g/mol. The van der Waals surface area contributed by atoms with Crippen LogP contribution in [0.15, 0.2) is 41.4 Å². The van der Waals surface area contributed by atoms with Crippen molar-refractivity contribution in [3.8, 4) is 5.69 Å². The molecule has 3 heterocycles. The molecule has 0 bridgehead atoms. The van der Waals surface area contributed by atoms with Gasteiger partial charge in [0, 0.05) is 29.0 Å². The number of hydrogen-bond donors (Lipinski definition) is 2. The van der Waals surface area contributed by atoms with Gasteiger partial charge >= 0.3 is 0 Å². The third-order valence-electron chi connectivity index (χ3n) is 4.41. The Bertz CT molecular complexity index is 1170. The molecule has 4 rings (SSSR count). The zero-order chi connectivity index (χ0) is 21.3. The van der Waals surface area contributed by atoms with E-state index in [0.717, 1.165) is 11.3 Å². The molecule has 0 spiro atoms. The summed E-state index contributed by atoms with van der Waals surface area (Å²) in [4.78, 5) is 6.83. The molecule has 0 aliphatic carbocycles. The minimum atomic E-state index is -2.68. The lowest BCUT2D eigenvalue weighted by atomic mass is 10.1. The number of aromatic amines is 1. The summed E-state index contributed by atoms with van der Waals surface area (Å²) in [6, 6.07) is 9.30. The van der Waals surface area contributed by atoms with E-state index in [1.807, 2.05) is 43.3 Å². The van der Waals surface area contributed by atoms with Gasteiger partial charge in [-0.25, -0.2) is 18.4 Å². The SMILES string of the molecule is CN(C)Cc1ccccc1-n1cc(CSc2cc(N)nc3n[nH]nc23)c(C(F)F)n1. The first kappa shape index (κ1) is 20.2. The Morgan fingerprint density at radius 3 is 2.77 bits per heavy atom. The number of rotatable bonds is 7. The van der Waals surface area contributed by atoms with Crippen LogP contribution in [-0.4, -0.2) is 49.2 Å². The summed E-state index contributed by atoms with van der Waals surface area (Å²) in [5.74, 6) is 0.572. The Balaban J connectivity index is 1.66. The lowest BCUT2D eigenvalue weighted by molar-refractivity contribution is 0.144. The van der Waals surface area contributed by atoms with Gasteiger partial charge in [-0.05, 0) is 31.8 Å². The van der Waals surface area contributed by atoms with Crippen molar-refractivity contribution in [2.45, 2.75) is 23.6 Å². The Morgan fingerprint density at radius 1 is 1.20 bits per heavy atom. The minimum Gasteiger partial charge on any atom is -0.384 e. The summed E-state index contributed by atoms with van der Waals surface area (Å²) in [5.41, 5.74) is 8.74. The fourth-order valence-electron chi connectivity index (χ4n) is 3.14. The third-order valence-corrected chi connectivity index (χ3v) is 5.49. The maximum atomic E-state index is 13.7. The number of benzene rings is 1. The van der Waals surface area contributed by atoms with E-state index in [-0.39, 0.29) is 11.4 Å². The first-order valence-electron chi connectivity index (χ1n) is 9.11. The van der Waals surface area contributed by atoms with Gasteiger partial charge in [0.2, 0.25) is 5.65 Å². The van der Waals surface area contributed by atoms with Gasteiger partial charge in [0.25, 0.3) is 6.43 Å². The molecule has 0 aliphatic heterocycles. The van der Waals surface area contributed by atoms with E-state index < -0.39 is 6.43 Å². The van der Waals surface area contributed by atoms with E-state index in [1.165, 1.54) is 16.4 Å². The highest BCUT2D eigenvalue weighted by Gasteiger charge is 2.20. The van der Waals surface area contributed by atoms with Crippen LogP contribution in [0, 0.1) is 0 Å². The number of hydrogen-bond acceptors (Lipinski definition) is 7. The maximum Gasteiger partial charge on any atom is 0.282 e. The van der Waals surface area contributed by atoms with E-state index in [0.29, 0.717) is 34.0 Å². The molecule has 30 heavy (non-hydrogen) atoms. The van der Waals surface area contributed by atoms with Crippen LogP contribution < -0.4 is 5.73 Å². The number of pyridine rings is 1. The van der Waals surface area contributed by atoms with Gasteiger partial charge in [0.05, 0.1) is 5.69 Å². The van der Waals surface area contributed by atoms with Crippen LogP contribution in [0.3, 0.4) is 0 Å². The number of fused-ring (bicyclic) bond motifs is 1. The van der Waals surface area contributed by atoms with Gasteiger partial charge in [0.15, 0.2) is 0 Å². The molecule has 1 aromatic carbocycles. The van der Waals surface area contributed by atoms with Crippen molar-refractivity contribution in [2.24, 2.45) is 0 Å². The third kappa shape index (κ3) is 4.12. The van der Waals surface area contributed by atoms with E-state index in [9.17, 15) is 8.78 Å². The van der Waals surface area contributed by atoms with Crippen molar-refractivity contribution < 1.29 is 8.78 Å². The molecule has 4 aromatic rings. The highest BCUT2D eigenvalue weighted by molar-refractivity contribution is 7.98. The maximum absolute atomic E-state index is 13.7. The number of alkyl halides is 2. The average molecular weight is 430 g/mol. The Hall–Kier alpha value is -3.05. The molecule has 0 fully saturated rings. The fourth-order valence-corrected chi connectivity index (χ4v) is 4.15. The molecule has 0 amide bonds. The molecule has 0 unspecified atom stereocenters. The molecule has 156 valence electrons. The highest BCUT2D eigenvalue weighted by atomic mass is 32.2. The van der Waals surface area contributed by atoms with Crippen molar-refractivity contribution in [3.63, 3.8) is 0 Å². The van der Waals surface area contributed by atoms with E-state index in [2.05, 4.69) is 25.5 Å². The summed E-state index contributed by atoms with van der Waals surface area (Å²) in [6.45, 7) is 0.671. The standard InChI is InChI=1S/C19H20F2N8S/c1-28(2)8-11-5-3-4-6-13(11)29-9-12(16(26-29)18(20)21)10-30-14-7-15(22)23-19-17(14)24-27-25-19/h3-7,9,18H,8,10H2,1-2H3,(H3,22,23,24,25,27). The molecule has 0 saturated carbocycles. The van der Waals surface area contributed by atoms with Crippen LogP contribution in [-0.2, 0) is 12.3 Å². The number of para-hydroxylation sites is 1. The van der Waals surface area contributed by atoms with Gasteiger partial charge in [-0.2, -0.15) is 15.4 Å². The summed E-state index contributed by atoms with van der Waals surface area (Å²) in [6.07, 6.45) is -1.02. The summed E-state index contributed by atoms with van der Waals surface area (Å²) in [7, 11) is 3.91. The lowest BCUT2D eigenvalue weighted by Crippen LogP contribution is -2.13. The Labute approximate surface area is 175 Å². The number of thioether (sulfide) groups is 1. The van der Waals surface area contributed by atoms with Gasteiger partial charge in [-0.3, -0.25) is 0 Å². The van der Waals surface area contributed by atoms with Crippen molar-refractivity contribution in [3.05, 3.63) is 53.3 Å². The number of halogens is 2. The van der Waals surface area contributed by atoms with Gasteiger partial charge in [0.1, 0.15) is 17.0 Å². The van der Waals surface area contributed by atoms with Crippen molar-refractivity contribution in [2.75, 3.05) is 19.8 Å². The van der Waals surface area contributed by atoms with Crippen LogP contribution in [0.4, 0.5) is 14.6 Å². The number of nitrogens with one attached hydrogen (secondary N) is 1. The summed E-state index contributed by atoms with van der Waals surface area (Å²) >= 11 is 1.34. The number of nitrogen functional groups attached to an aromatic ring is 1. The second kappa shape index (κ2) is 8.36. The number of nitrogens with two attached hydrogens (primary N) is 1. The fraction of sp³-hybridized carbons (Fsp3) is 0.263. The number of anilines is 1. The number of H-pyrrole nitrogens is 1. The van der Waals surface area contributed by atoms with E-state index in [4.69, 9.17) is 5.73 Å². The Morgan fingerprint density at radius 2 is 2.00 bits per heavy atom. The summed E-state index contributed by atoms with van der Waals surface area (Å²) < 4.78 is 29.0. The normalized spacial score (nSPS) is 11.8. The molecular formula is C19H20F2N8S. The van der Waals surface area contributed by atoms with E-state index >= 15 is 0 Å². The van der Waals surface area contributed by atoms with E-state index in [1.54, 1.807) is 12.3 Å². The molecule has 0 radical (unpaired) electrons. The van der Waals surface area contributed by atoms with Gasteiger partial charge in [-0.15, -0.1) is 16.9 Å². The van der Waals surface area contributed by atoms with Crippen LogP contribution in [0.1, 0.15) is 23.2 Å². The molecule has 0 saturated heterocycles. The zero-order valence-corrected chi connectivity index (χ0v) is 17.2. The van der Waals surface area contributed by atoms with Crippen molar-refractivity contribution >= 4 is 28.7 Å². The van der Waals surface area contributed by atoms with Crippen LogP contribution >= 0.6 is 11.8 Å². The van der Waals surface area contributed by atoms with Crippen LogP contribution in [0.25, 0.3) is 16.9 Å². The van der Waals surface area contributed by atoms with Crippen LogP contribution in [0.2, 0.25) is 0 Å². The zero-order valence-electron chi connectivity index (χ0n) is 16.4. The minimum absolute atomic E-state index is 0.236. The molecule has 3 aromatic heterocycles. The largest absolute Gasteiger partial charge is 0.384 e. The number of aromatic nitrogens is 6. The predicted molar refractivity (Wildman–Crippen MR) is 112 cm³/mol. The molecule has 11 heteroatoms. The smallest absolute Gasteiger partial charge is 0.282 e. The van der Waals surface area contributed by atoms with Crippen molar-refractivity contribution in [1.29, 1.82) is 0 Å². The quantitative estimate of drug-likeness (QED) is 0.433. The first-order chi connectivity index (χ1) is 14.4. The first-order valence-corrected chi connectivity index (χ1v) is 10.1.